The highest BCUT2D eigenvalue weighted by molar-refractivity contribution is 5.95. The molecule has 0 bridgehead atoms. The van der Waals surface area contributed by atoms with Gasteiger partial charge in [0.15, 0.2) is 0 Å². The van der Waals surface area contributed by atoms with Gasteiger partial charge in [-0.2, -0.15) is 4.98 Å². The number of rotatable bonds is 7. The van der Waals surface area contributed by atoms with Crippen LogP contribution >= 0.6 is 0 Å². The van der Waals surface area contributed by atoms with Gasteiger partial charge in [0.05, 0.1) is 0 Å². The number of hydroxylamine groups is 2. The molecule has 0 radical (unpaired) electrons. The largest absolute Gasteiger partial charge is 0.383 e. The molecule has 30 heavy (non-hydrogen) atoms. The van der Waals surface area contributed by atoms with Crippen molar-refractivity contribution in [1.29, 1.82) is 0 Å². The first-order valence-electron chi connectivity index (χ1n) is 9.91. The molecule has 0 saturated heterocycles. The van der Waals surface area contributed by atoms with Crippen LogP contribution in [0.15, 0.2) is 34.9 Å². The minimum absolute atomic E-state index is 0.0990. The van der Waals surface area contributed by atoms with Crippen molar-refractivity contribution in [3.05, 3.63) is 36.2 Å². The first kappa shape index (κ1) is 23.5. The number of amides is 3. The van der Waals surface area contributed by atoms with E-state index in [1.54, 1.807) is 0 Å². The molecule has 2 atom stereocenters. The average molecular weight is 418 g/mol. The number of aliphatic hydroxyl groups excluding tert-OH is 1. The zero-order chi connectivity index (χ0) is 22.5. The fourth-order valence-electron chi connectivity index (χ4n) is 2.75. The lowest BCUT2D eigenvalue weighted by Crippen LogP contribution is -2.49. The Morgan fingerprint density at radius 3 is 2.37 bits per heavy atom. The third kappa shape index (κ3) is 6.11. The number of carbonyl (C=O) groups is 2. The minimum atomic E-state index is -1.47. The summed E-state index contributed by atoms with van der Waals surface area (Å²) in [7, 11) is 0. The lowest BCUT2D eigenvalue weighted by Gasteiger charge is -2.29. The summed E-state index contributed by atoms with van der Waals surface area (Å²) in [6, 6.07) is 7.33. The normalized spacial score (nSPS) is 13.7. The van der Waals surface area contributed by atoms with Gasteiger partial charge in [0, 0.05) is 5.56 Å². The third-order valence-electron chi connectivity index (χ3n) is 4.56. The molecule has 3 amide bonds. The summed E-state index contributed by atoms with van der Waals surface area (Å²) in [6.07, 6.45) is -0.741. The van der Waals surface area contributed by atoms with Crippen LogP contribution in [0.5, 0.6) is 0 Å². The molecule has 3 N–H and O–H groups in total. The lowest BCUT2D eigenvalue weighted by molar-refractivity contribution is -0.162. The van der Waals surface area contributed by atoms with Gasteiger partial charge in [-0.15, -0.1) is 5.06 Å². The molecule has 0 aliphatic rings. The summed E-state index contributed by atoms with van der Waals surface area (Å²) in [5, 5.41) is 26.4. The summed E-state index contributed by atoms with van der Waals surface area (Å²) in [5.41, 5.74) is 0.176. The van der Waals surface area contributed by atoms with Gasteiger partial charge >= 0.3 is 6.03 Å². The van der Waals surface area contributed by atoms with Crippen molar-refractivity contribution in [1.82, 2.24) is 20.5 Å². The number of urea groups is 1. The fraction of sp³-hybridized carbons (Fsp3) is 0.524. The first-order valence-corrected chi connectivity index (χ1v) is 9.91. The van der Waals surface area contributed by atoms with E-state index in [9.17, 15) is 19.9 Å². The molecule has 0 aliphatic heterocycles. The van der Waals surface area contributed by atoms with Crippen molar-refractivity contribution in [3.8, 4) is 11.4 Å². The predicted octanol–water partition coefficient (Wildman–Crippen LogP) is 3.55. The van der Waals surface area contributed by atoms with Gasteiger partial charge < -0.3 is 14.9 Å². The van der Waals surface area contributed by atoms with Crippen LogP contribution in [-0.4, -0.2) is 43.6 Å². The standard InChI is InChI=1S/C21H30N4O5/c1-13(2)11-12-15(26)19(27)25(29)20(28)22-16(21(3,4)5)18-23-17(24-30-18)14-9-7-6-8-10-14/h6-10,13,15-16,26,29H,11-12H2,1-5H3,(H,22,28)/t15-,16+/m0/s1. The smallest absolute Gasteiger partial charge is 0.349 e. The molecule has 9 nitrogen and oxygen atoms in total. The number of imide groups is 1. The molecule has 1 heterocycles. The molecule has 0 saturated carbocycles. The second-order valence-electron chi connectivity index (χ2n) is 8.71. The van der Waals surface area contributed by atoms with Crippen molar-refractivity contribution < 1.29 is 24.4 Å². The molecule has 0 aliphatic carbocycles. The number of aromatic nitrogens is 2. The van der Waals surface area contributed by atoms with Gasteiger partial charge in [-0.3, -0.25) is 10.0 Å². The maximum absolute atomic E-state index is 12.5. The van der Waals surface area contributed by atoms with Crippen molar-refractivity contribution in [2.24, 2.45) is 11.3 Å². The summed E-state index contributed by atoms with van der Waals surface area (Å²) >= 11 is 0. The van der Waals surface area contributed by atoms with E-state index in [2.05, 4.69) is 15.5 Å². The monoisotopic (exact) mass is 418 g/mol. The van der Waals surface area contributed by atoms with Crippen LogP contribution in [0.3, 0.4) is 0 Å². The Hall–Kier alpha value is -2.78. The van der Waals surface area contributed by atoms with Crippen LogP contribution in [0, 0.1) is 11.3 Å². The SMILES string of the molecule is CC(C)CC[C@H](O)C(=O)N(O)C(=O)N[C@H](c1nc(-c2ccccc2)no1)C(C)(C)C. The highest BCUT2D eigenvalue weighted by Gasteiger charge is 2.36. The summed E-state index contributed by atoms with van der Waals surface area (Å²) in [4.78, 5) is 29.0. The molecule has 164 valence electrons. The van der Waals surface area contributed by atoms with E-state index in [-0.39, 0.29) is 23.3 Å². The Labute approximate surface area is 176 Å². The highest BCUT2D eigenvalue weighted by atomic mass is 16.5. The lowest BCUT2D eigenvalue weighted by atomic mass is 9.86. The number of hydrogen-bond donors (Lipinski definition) is 3. The van der Waals surface area contributed by atoms with E-state index in [1.165, 1.54) is 0 Å². The number of nitrogens with zero attached hydrogens (tertiary/aromatic N) is 3. The summed E-state index contributed by atoms with van der Waals surface area (Å²) in [6.45, 7) is 9.41. The van der Waals surface area contributed by atoms with E-state index in [0.717, 1.165) is 5.56 Å². The average Bonchev–Trinajstić information content (AvgIpc) is 3.18. The van der Waals surface area contributed by atoms with Gasteiger partial charge in [-0.1, -0.05) is 70.1 Å². The predicted molar refractivity (Wildman–Crippen MR) is 109 cm³/mol. The highest BCUT2D eigenvalue weighted by Crippen LogP contribution is 2.33. The van der Waals surface area contributed by atoms with E-state index >= 15 is 0 Å². The molecule has 1 aromatic heterocycles. The van der Waals surface area contributed by atoms with Crippen LogP contribution < -0.4 is 5.32 Å². The van der Waals surface area contributed by atoms with E-state index in [1.807, 2.05) is 65.0 Å². The van der Waals surface area contributed by atoms with Crippen molar-refractivity contribution in [3.63, 3.8) is 0 Å². The Morgan fingerprint density at radius 2 is 1.80 bits per heavy atom. The zero-order valence-electron chi connectivity index (χ0n) is 18.0. The Balaban J connectivity index is 2.14. The first-order chi connectivity index (χ1) is 14.0. The quantitative estimate of drug-likeness (QED) is 0.463. The molecular formula is C21H30N4O5. The van der Waals surface area contributed by atoms with Crippen LogP contribution in [0.1, 0.15) is 59.4 Å². The molecule has 0 unspecified atom stereocenters. The maximum atomic E-state index is 12.5. The molecule has 9 heteroatoms. The van der Waals surface area contributed by atoms with Gasteiger partial charge in [0.1, 0.15) is 12.1 Å². The van der Waals surface area contributed by atoms with Gasteiger partial charge in [-0.05, 0) is 24.2 Å². The number of carbonyl (C=O) groups excluding carboxylic acids is 2. The van der Waals surface area contributed by atoms with Crippen LogP contribution in [0.4, 0.5) is 4.79 Å². The topological polar surface area (TPSA) is 129 Å². The number of hydrogen-bond acceptors (Lipinski definition) is 7. The van der Waals surface area contributed by atoms with Crippen molar-refractivity contribution >= 4 is 11.9 Å². The van der Waals surface area contributed by atoms with Crippen LogP contribution in [0.25, 0.3) is 11.4 Å². The van der Waals surface area contributed by atoms with Gasteiger partial charge in [0.25, 0.3) is 5.91 Å². The molecule has 2 rings (SSSR count). The van der Waals surface area contributed by atoms with Gasteiger partial charge in [0.2, 0.25) is 11.7 Å². The Bertz CT molecular complexity index is 845. The molecular weight excluding hydrogens is 388 g/mol. The van der Waals surface area contributed by atoms with Crippen molar-refractivity contribution in [2.45, 2.75) is 59.6 Å². The van der Waals surface area contributed by atoms with Crippen LogP contribution in [0.2, 0.25) is 0 Å². The number of benzene rings is 1. The zero-order valence-corrected chi connectivity index (χ0v) is 18.0. The number of aliphatic hydroxyl groups is 1. The van der Waals surface area contributed by atoms with Gasteiger partial charge in [-0.25, -0.2) is 4.79 Å². The summed E-state index contributed by atoms with van der Waals surface area (Å²) in [5.74, 6) is -0.322. The third-order valence-corrected chi connectivity index (χ3v) is 4.56. The summed E-state index contributed by atoms with van der Waals surface area (Å²) < 4.78 is 5.35. The second kappa shape index (κ2) is 9.82. The van der Waals surface area contributed by atoms with E-state index < -0.39 is 29.5 Å². The number of nitrogens with one attached hydrogen (secondary N) is 1. The van der Waals surface area contributed by atoms with Crippen molar-refractivity contribution in [2.75, 3.05) is 0 Å². The molecule has 2 aromatic rings. The van der Waals surface area contributed by atoms with E-state index in [0.29, 0.717) is 12.2 Å². The molecule has 1 aromatic carbocycles. The van der Waals surface area contributed by atoms with E-state index in [4.69, 9.17) is 4.52 Å². The fourth-order valence-corrected chi connectivity index (χ4v) is 2.75. The molecule has 0 spiro atoms. The Morgan fingerprint density at radius 1 is 1.17 bits per heavy atom. The minimum Gasteiger partial charge on any atom is -0.383 e. The second-order valence-corrected chi connectivity index (χ2v) is 8.71. The van der Waals surface area contributed by atoms with Crippen LogP contribution in [-0.2, 0) is 4.79 Å². The molecule has 0 fully saturated rings. The maximum Gasteiger partial charge on any atom is 0.349 e. The Kier molecular flexibility index (Phi) is 7.69.